The minimum Gasteiger partial charge on any atom is -0.480 e. The first-order valence-corrected chi connectivity index (χ1v) is 9.55. The van der Waals surface area contributed by atoms with Crippen LogP contribution in [0.1, 0.15) is 54.4 Å². The van der Waals surface area contributed by atoms with Crippen molar-refractivity contribution in [3.63, 3.8) is 0 Å². The van der Waals surface area contributed by atoms with E-state index in [0.717, 1.165) is 12.8 Å². The largest absolute Gasteiger partial charge is 0.480 e. The zero-order valence-corrected chi connectivity index (χ0v) is 17.7. The van der Waals surface area contributed by atoms with Crippen LogP contribution in [0.3, 0.4) is 0 Å². The second-order valence-corrected chi connectivity index (χ2v) is 8.99. The van der Waals surface area contributed by atoms with Gasteiger partial charge in [-0.05, 0) is 60.3 Å². The third-order valence-electron chi connectivity index (χ3n) is 3.89. The molecule has 0 aromatic heterocycles. The fourth-order valence-electron chi connectivity index (χ4n) is 2.59. The Morgan fingerprint density at radius 3 is 2.04 bits per heavy atom. The number of nitrogens with one attached hydrogen (secondary N) is 1. The van der Waals surface area contributed by atoms with E-state index < -0.39 is 29.3 Å². The summed E-state index contributed by atoms with van der Waals surface area (Å²) in [4.78, 5) is 36.8. The molecular weight excluding hydrogens is 368 g/mol. The highest BCUT2D eigenvalue weighted by molar-refractivity contribution is 5.80. The average Bonchev–Trinajstić information content (AvgIpc) is 2.51. The number of carbonyl (C=O) groups excluding carboxylic acids is 2. The number of hydrogen-bond acceptors (Lipinski definition) is 6. The SMILES string of the molecule is CC(C)(C)OC(=O)N[C@H](COCC1CCN(C(=O)OC(C)(C)C)CC1)C(=O)O. The Balaban J connectivity index is 2.35. The lowest BCUT2D eigenvalue weighted by atomic mass is 9.98. The van der Waals surface area contributed by atoms with Crippen molar-refractivity contribution in [3.8, 4) is 0 Å². The predicted octanol–water partition coefficient (Wildman–Crippen LogP) is 2.63. The number of likely N-dealkylation sites (tertiary alicyclic amines) is 1. The molecule has 0 spiro atoms. The molecule has 0 aromatic rings. The van der Waals surface area contributed by atoms with Crippen LogP contribution in [0.25, 0.3) is 0 Å². The highest BCUT2D eigenvalue weighted by atomic mass is 16.6. The van der Waals surface area contributed by atoms with Gasteiger partial charge in [-0.15, -0.1) is 0 Å². The smallest absolute Gasteiger partial charge is 0.410 e. The van der Waals surface area contributed by atoms with Crippen LogP contribution in [-0.4, -0.2) is 71.7 Å². The summed E-state index contributed by atoms with van der Waals surface area (Å²) in [5.41, 5.74) is -1.24. The third-order valence-corrected chi connectivity index (χ3v) is 3.89. The Bertz CT molecular complexity index is 543. The van der Waals surface area contributed by atoms with Crippen molar-refractivity contribution in [2.45, 2.75) is 71.6 Å². The van der Waals surface area contributed by atoms with Gasteiger partial charge < -0.3 is 29.5 Å². The molecule has 1 rings (SSSR count). The van der Waals surface area contributed by atoms with Gasteiger partial charge in [-0.2, -0.15) is 0 Å². The molecule has 2 amide bonds. The van der Waals surface area contributed by atoms with Gasteiger partial charge in [0.1, 0.15) is 11.2 Å². The maximum atomic E-state index is 12.1. The van der Waals surface area contributed by atoms with E-state index in [2.05, 4.69) is 5.32 Å². The Morgan fingerprint density at radius 2 is 1.57 bits per heavy atom. The Kier molecular flexibility index (Phi) is 8.53. The number of rotatable bonds is 6. The lowest BCUT2D eigenvalue weighted by molar-refractivity contribution is -0.141. The molecule has 0 aromatic carbocycles. The van der Waals surface area contributed by atoms with E-state index >= 15 is 0 Å². The number of carboxylic acids is 1. The number of piperidine rings is 1. The van der Waals surface area contributed by atoms with E-state index in [-0.39, 0.29) is 18.6 Å². The summed E-state index contributed by atoms with van der Waals surface area (Å²) in [7, 11) is 0. The van der Waals surface area contributed by atoms with Crippen molar-refractivity contribution >= 4 is 18.2 Å². The summed E-state index contributed by atoms with van der Waals surface area (Å²) in [6.45, 7) is 11.9. The fourth-order valence-corrected chi connectivity index (χ4v) is 2.59. The highest BCUT2D eigenvalue weighted by Crippen LogP contribution is 2.20. The average molecular weight is 402 g/mol. The van der Waals surface area contributed by atoms with E-state index in [1.165, 1.54) is 0 Å². The maximum absolute atomic E-state index is 12.1. The number of aliphatic carboxylic acids is 1. The van der Waals surface area contributed by atoms with E-state index in [0.29, 0.717) is 19.7 Å². The topological polar surface area (TPSA) is 114 Å². The van der Waals surface area contributed by atoms with Gasteiger partial charge in [-0.25, -0.2) is 14.4 Å². The Morgan fingerprint density at radius 1 is 1.04 bits per heavy atom. The van der Waals surface area contributed by atoms with Crippen LogP contribution in [0.2, 0.25) is 0 Å². The molecule has 162 valence electrons. The number of nitrogens with zero attached hydrogens (tertiary/aromatic N) is 1. The summed E-state index contributed by atoms with van der Waals surface area (Å²) < 4.78 is 15.9. The molecule has 1 heterocycles. The van der Waals surface area contributed by atoms with Gasteiger partial charge in [0.15, 0.2) is 6.04 Å². The molecule has 0 unspecified atom stereocenters. The molecule has 1 aliphatic heterocycles. The van der Waals surface area contributed by atoms with Crippen LogP contribution in [0.15, 0.2) is 0 Å². The van der Waals surface area contributed by atoms with Crippen LogP contribution >= 0.6 is 0 Å². The molecule has 9 heteroatoms. The number of carboxylic acid groups (broad SMARTS) is 1. The number of amides is 2. The molecule has 0 saturated carbocycles. The fraction of sp³-hybridized carbons (Fsp3) is 0.842. The van der Waals surface area contributed by atoms with Gasteiger partial charge in [0.05, 0.1) is 6.61 Å². The molecule has 1 saturated heterocycles. The van der Waals surface area contributed by atoms with Crippen LogP contribution in [-0.2, 0) is 19.0 Å². The number of hydrogen-bond donors (Lipinski definition) is 2. The minimum absolute atomic E-state index is 0.152. The number of alkyl carbamates (subject to hydrolysis) is 1. The molecule has 1 aliphatic rings. The number of ether oxygens (including phenoxy) is 3. The normalized spacial score (nSPS) is 17.0. The molecule has 1 fully saturated rings. The van der Waals surface area contributed by atoms with Crippen molar-refractivity contribution in [1.29, 1.82) is 0 Å². The lowest BCUT2D eigenvalue weighted by Crippen LogP contribution is -2.46. The summed E-state index contributed by atoms with van der Waals surface area (Å²) in [6, 6.07) is -1.18. The molecule has 0 radical (unpaired) electrons. The van der Waals surface area contributed by atoms with Crippen LogP contribution < -0.4 is 5.32 Å². The first-order valence-electron chi connectivity index (χ1n) is 9.55. The van der Waals surface area contributed by atoms with Crippen molar-refractivity contribution in [1.82, 2.24) is 10.2 Å². The molecule has 0 aliphatic carbocycles. The Hall–Kier alpha value is -2.03. The van der Waals surface area contributed by atoms with Crippen LogP contribution in [0, 0.1) is 5.92 Å². The quantitative estimate of drug-likeness (QED) is 0.702. The molecule has 1 atom stereocenters. The van der Waals surface area contributed by atoms with Crippen LogP contribution in [0.5, 0.6) is 0 Å². The first kappa shape index (κ1) is 24.0. The molecule has 2 N–H and O–H groups in total. The van der Waals surface area contributed by atoms with Gasteiger partial charge in [-0.3, -0.25) is 0 Å². The van der Waals surface area contributed by atoms with Gasteiger partial charge in [0.25, 0.3) is 0 Å². The predicted molar refractivity (Wildman–Crippen MR) is 102 cm³/mol. The lowest BCUT2D eigenvalue weighted by Gasteiger charge is -2.33. The first-order chi connectivity index (χ1) is 12.8. The zero-order chi connectivity index (χ0) is 21.5. The third kappa shape index (κ3) is 9.77. The van der Waals surface area contributed by atoms with E-state index in [4.69, 9.17) is 14.2 Å². The summed E-state index contributed by atoms with van der Waals surface area (Å²) >= 11 is 0. The molecular formula is C19H34N2O7. The van der Waals surface area contributed by atoms with E-state index in [9.17, 15) is 19.5 Å². The second-order valence-electron chi connectivity index (χ2n) is 8.99. The van der Waals surface area contributed by atoms with Crippen molar-refractivity contribution in [2.75, 3.05) is 26.3 Å². The summed E-state index contributed by atoms with van der Waals surface area (Å²) in [5, 5.41) is 11.5. The molecule has 9 nitrogen and oxygen atoms in total. The van der Waals surface area contributed by atoms with Crippen molar-refractivity contribution in [2.24, 2.45) is 5.92 Å². The second kappa shape index (κ2) is 9.95. The summed E-state index contributed by atoms with van der Waals surface area (Å²) in [6.07, 6.45) is 0.376. The van der Waals surface area contributed by atoms with E-state index in [1.54, 1.807) is 25.7 Å². The monoisotopic (exact) mass is 402 g/mol. The minimum atomic E-state index is -1.19. The molecule has 0 bridgehead atoms. The van der Waals surface area contributed by atoms with Gasteiger partial charge in [-0.1, -0.05) is 0 Å². The van der Waals surface area contributed by atoms with Crippen LogP contribution in [0.4, 0.5) is 9.59 Å². The molecule has 28 heavy (non-hydrogen) atoms. The van der Waals surface area contributed by atoms with Gasteiger partial charge in [0, 0.05) is 19.7 Å². The maximum Gasteiger partial charge on any atom is 0.410 e. The van der Waals surface area contributed by atoms with Crippen molar-refractivity contribution in [3.05, 3.63) is 0 Å². The van der Waals surface area contributed by atoms with Crippen molar-refractivity contribution < 1.29 is 33.7 Å². The highest BCUT2D eigenvalue weighted by Gasteiger charge is 2.28. The number of carbonyl (C=O) groups is 3. The van der Waals surface area contributed by atoms with Gasteiger partial charge >= 0.3 is 18.2 Å². The van der Waals surface area contributed by atoms with Gasteiger partial charge in [0.2, 0.25) is 0 Å². The summed E-state index contributed by atoms with van der Waals surface area (Å²) in [5.74, 6) is -0.972. The zero-order valence-electron chi connectivity index (χ0n) is 17.7. The Labute approximate surface area is 166 Å². The van der Waals surface area contributed by atoms with E-state index in [1.807, 2.05) is 20.8 Å². The standard InChI is InChI=1S/C19H34N2O7/c1-18(2,3)27-16(24)20-14(15(22)23)12-26-11-13-7-9-21(10-8-13)17(25)28-19(4,5)6/h13-14H,7-12H2,1-6H3,(H,20,24)(H,22,23)/t14-/m1/s1.